The second-order valence-corrected chi connectivity index (χ2v) is 20.5. The van der Waals surface area contributed by atoms with Crippen LogP contribution in [-0.2, 0) is 29.1 Å². The van der Waals surface area contributed by atoms with Crippen molar-refractivity contribution in [3.8, 4) is 11.5 Å². The lowest BCUT2D eigenvalue weighted by Gasteiger charge is -2.34. The van der Waals surface area contributed by atoms with Gasteiger partial charge in [0.1, 0.15) is 0 Å². The molecule has 5 rings (SSSR count). The van der Waals surface area contributed by atoms with Crippen LogP contribution < -0.4 is 9.47 Å². The van der Waals surface area contributed by atoms with Gasteiger partial charge in [-0.3, -0.25) is 9.69 Å². The highest BCUT2D eigenvalue weighted by atomic mass is 28.3. The molecule has 0 bridgehead atoms. The van der Waals surface area contributed by atoms with E-state index in [0.29, 0.717) is 19.6 Å². The highest BCUT2D eigenvalue weighted by Crippen LogP contribution is 2.46. The van der Waals surface area contributed by atoms with Gasteiger partial charge in [-0.25, -0.2) is 0 Å². The van der Waals surface area contributed by atoms with E-state index in [1.54, 1.807) is 0 Å². The Morgan fingerprint density at radius 1 is 0.957 bits per heavy atom. The summed E-state index contributed by atoms with van der Waals surface area (Å²) in [6.45, 7) is 20.8. The fourth-order valence-electron chi connectivity index (χ4n) is 6.73. The molecule has 0 spiro atoms. The van der Waals surface area contributed by atoms with Crippen molar-refractivity contribution < 1.29 is 19.0 Å². The summed E-state index contributed by atoms with van der Waals surface area (Å²) < 4.78 is 17.9. The van der Waals surface area contributed by atoms with Crippen LogP contribution in [0.4, 0.5) is 0 Å². The summed E-state index contributed by atoms with van der Waals surface area (Å²) >= 11 is 0. The van der Waals surface area contributed by atoms with Crippen LogP contribution in [-0.4, -0.2) is 44.7 Å². The van der Waals surface area contributed by atoms with E-state index < -0.39 is 13.5 Å². The molecule has 0 amide bonds. The molecule has 1 unspecified atom stereocenters. The van der Waals surface area contributed by atoms with Gasteiger partial charge < -0.3 is 14.2 Å². The summed E-state index contributed by atoms with van der Waals surface area (Å²) in [5.74, 6) is 1.71. The molecule has 6 heteroatoms. The van der Waals surface area contributed by atoms with Gasteiger partial charge in [-0.2, -0.15) is 0 Å². The van der Waals surface area contributed by atoms with E-state index in [1.807, 2.05) is 39.0 Å². The van der Waals surface area contributed by atoms with E-state index in [2.05, 4.69) is 85.7 Å². The third-order valence-electron chi connectivity index (χ3n) is 8.67. The number of carbonyl (C=O) groups excluding carboxylic acids is 1. The number of hydrogen-bond donors (Lipinski definition) is 0. The van der Waals surface area contributed by atoms with Gasteiger partial charge in [-0.05, 0) is 65.3 Å². The van der Waals surface area contributed by atoms with Crippen molar-refractivity contribution in [2.75, 3.05) is 19.9 Å². The molecule has 0 N–H and O–H groups in total. The van der Waals surface area contributed by atoms with Crippen LogP contribution in [0.3, 0.4) is 0 Å². The average molecular weight is 638 g/mol. The average Bonchev–Trinajstić information content (AvgIpc) is 3.64. The normalized spacial score (nSPS) is 16.4. The maximum absolute atomic E-state index is 14.2. The minimum atomic E-state index is -1.36. The van der Waals surface area contributed by atoms with Crippen LogP contribution >= 0.6 is 0 Å². The maximum Gasteiger partial charge on any atom is 0.231 e. The molecule has 0 saturated heterocycles. The highest BCUT2D eigenvalue weighted by Gasteiger charge is 2.39. The Morgan fingerprint density at radius 2 is 1.59 bits per heavy atom. The molecular weight excluding hydrogens is 587 g/mol. The molecule has 3 aromatic rings. The Bertz CT molecular complexity index is 1550. The van der Waals surface area contributed by atoms with Crippen molar-refractivity contribution in [1.82, 2.24) is 4.90 Å². The lowest BCUT2D eigenvalue weighted by atomic mass is 9.82. The van der Waals surface area contributed by atoms with Crippen LogP contribution in [0.2, 0.25) is 25.7 Å². The van der Waals surface area contributed by atoms with E-state index in [1.165, 1.54) is 11.1 Å². The summed E-state index contributed by atoms with van der Waals surface area (Å²) in [5.41, 5.74) is 7.47. The molecule has 0 radical (unpaired) electrons. The lowest BCUT2D eigenvalue weighted by Crippen LogP contribution is -2.37. The zero-order chi connectivity index (χ0) is 32.9. The van der Waals surface area contributed by atoms with Crippen molar-refractivity contribution in [3.05, 3.63) is 113 Å². The minimum absolute atomic E-state index is 0.0595. The van der Waals surface area contributed by atoms with Gasteiger partial charge in [0.15, 0.2) is 17.3 Å². The molecule has 1 aliphatic heterocycles. The monoisotopic (exact) mass is 637 g/mol. The van der Waals surface area contributed by atoms with E-state index >= 15 is 0 Å². The van der Waals surface area contributed by atoms with Crippen molar-refractivity contribution >= 4 is 19.4 Å². The van der Waals surface area contributed by atoms with Gasteiger partial charge in [0, 0.05) is 38.2 Å². The van der Waals surface area contributed by atoms with Crippen molar-refractivity contribution in [1.29, 1.82) is 0 Å². The molecule has 1 aliphatic carbocycles. The summed E-state index contributed by atoms with van der Waals surface area (Å²) in [7, 11) is -1.36. The van der Waals surface area contributed by atoms with Crippen LogP contribution in [0.1, 0.15) is 55.9 Å². The Kier molecular flexibility index (Phi) is 10.7. The van der Waals surface area contributed by atoms with Crippen molar-refractivity contribution in [3.63, 3.8) is 0 Å². The number of ketones is 1. The minimum Gasteiger partial charge on any atom is -0.454 e. The summed E-state index contributed by atoms with van der Waals surface area (Å²) in [6, 6.07) is 26.3. The molecule has 0 aromatic heterocycles. The number of fused-ring (bicyclic) bond motifs is 1. The van der Waals surface area contributed by atoms with Gasteiger partial charge >= 0.3 is 0 Å². The van der Waals surface area contributed by atoms with Gasteiger partial charge in [0.2, 0.25) is 6.79 Å². The Labute approximate surface area is 277 Å². The van der Waals surface area contributed by atoms with Crippen molar-refractivity contribution in [2.24, 2.45) is 5.41 Å². The molecule has 3 aromatic carbocycles. The number of hydrogen-bond acceptors (Lipinski definition) is 5. The van der Waals surface area contributed by atoms with E-state index in [4.69, 9.17) is 14.2 Å². The molecule has 1 heterocycles. The van der Waals surface area contributed by atoms with Gasteiger partial charge in [-0.15, -0.1) is 0 Å². The van der Waals surface area contributed by atoms with Crippen LogP contribution in [0.15, 0.2) is 90.5 Å². The largest absolute Gasteiger partial charge is 0.454 e. The van der Waals surface area contributed by atoms with Gasteiger partial charge in [0.05, 0.1) is 13.2 Å². The molecule has 244 valence electrons. The molecule has 5 nitrogen and oxygen atoms in total. The molecule has 2 aliphatic rings. The smallest absolute Gasteiger partial charge is 0.231 e. The molecule has 0 saturated carbocycles. The van der Waals surface area contributed by atoms with Gasteiger partial charge in [-0.1, -0.05) is 113 Å². The Morgan fingerprint density at radius 3 is 2.22 bits per heavy atom. The zero-order valence-corrected chi connectivity index (χ0v) is 29.7. The Hall–Kier alpha value is -3.45. The first-order chi connectivity index (χ1) is 21.9. The van der Waals surface area contributed by atoms with E-state index in [9.17, 15) is 4.79 Å². The van der Waals surface area contributed by atoms with Gasteiger partial charge in [0.25, 0.3) is 0 Å². The first-order valence-electron chi connectivity index (χ1n) is 16.7. The predicted octanol–water partition coefficient (Wildman–Crippen LogP) is 9.10. The number of rotatable bonds is 14. The summed E-state index contributed by atoms with van der Waals surface area (Å²) in [4.78, 5) is 16.7. The number of allylic oxidation sites excluding steroid dienone is 1. The second-order valence-electron chi connectivity index (χ2n) is 15.1. The maximum atomic E-state index is 14.2. The number of Topliss-reactive ketones (excluding diaryl/α,β-unsaturated/α-hetero) is 1. The van der Waals surface area contributed by atoms with E-state index in [0.717, 1.165) is 71.3 Å². The molecule has 1 atom stereocenters. The fraction of sp³-hybridized carbons (Fsp3) is 0.425. The van der Waals surface area contributed by atoms with Crippen LogP contribution in [0, 0.1) is 5.41 Å². The molecule has 46 heavy (non-hydrogen) atoms. The second kappa shape index (κ2) is 14.5. The summed E-state index contributed by atoms with van der Waals surface area (Å²) in [5, 5.41) is 0. The number of carbonyl (C=O) groups is 1. The highest BCUT2D eigenvalue weighted by molar-refractivity contribution is 6.76. The lowest BCUT2D eigenvalue weighted by molar-refractivity contribution is -0.122. The van der Waals surface area contributed by atoms with Crippen LogP contribution in [0.25, 0.3) is 5.57 Å². The SMILES string of the molecule is C=C(CN(Cc1ccccc1)C1CCC(C(=O)C(C)(C)C)=C1c1cc2c(cc1CCOCc1ccccc1)OCO2)C[Si](C)(C)C. The Balaban J connectivity index is 1.55. The predicted molar refractivity (Wildman–Crippen MR) is 191 cm³/mol. The zero-order valence-electron chi connectivity index (χ0n) is 28.7. The standard InChI is InChI=1S/C40H51NO4Si/c1-29(27-46(5,6)7)24-41(25-30-14-10-8-11-15-30)35-19-18-33(39(42)40(2,3)4)38(35)34-23-37-36(44-28-45-37)22-32(34)20-21-43-26-31-16-12-9-13-17-31/h8-17,22-23,35H,1,18-21,24-28H2,2-7H3. The molecule has 0 fully saturated rings. The van der Waals surface area contributed by atoms with Crippen LogP contribution in [0.5, 0.6) is 11.5 Å². The summed E-state index contributed by atoms with van der Waals surface area (Å²) in [6.07, 6.45) is 2.34. The first kappa shape index (κ1) is 33.9. The number of nitrogens with zero attached hydrogens (tertiary/aromatic N) is 1. The third kappa shape index (κ3) is 8.67. The number of ether oxygens (including phenoxy) is 3. The number of benzene rings is 3. The van der Waals surface area contributed by atoms with Crippen molar-refractivity contribution in [2.45, 2.75) is 84.9 Å². The first-order valence-corrected chi connectivity index (χ1v) is 20.4. The molecular formula is C40H51NO4Si. The van der Waals surface area contributed by atoms with E-state index in [-0.39, 0.29) is 18.6 Å². The third-order valence-corrected chi connectivity index (χ3v) is 10.2. The quantitative estimate of drug-likeness (QED) is 0.100. The fourth-order valence-corrected chi connectivity index (χ4v) is 8.34. The topological polar surface area (TPSA) is 48.0 Å².